The van der Waals surface area contributed by atoms with Gasteiger partial charge in [-0.25, -0.2) is 0 Å². The molecule has 1 rings (SSSR count). The highest BCUT2D eigenvalue weighted by molar-refractivity contribution is 7.98. The molecule has 18 heavy (non-hydrogen) atoms. The molecule has 0 unspecified atom stereocenters. The molecule has 0 radical (unpaired) electrons. The summed E-state index contributed by atoms with van der Waals surface area (Å²) < 4.78 is 5.42. The zero-order chi connectivity index (χ0) is 13.1. The molecule has 0 saturated carbocycles. The third-order valence-corrected chi connectivity index (χ3v) is 3.46. The molecule has 1 aromatic rings. The smallest absolute Gasteiger partial charge is 0.119 e. The Morgan fingerprint density at radius 3 is 2.56 bits per heavy atom. The number of nitrogens with one attached hydrogen (secondary N) is 1. The van der Waals surface area contributed by atoms with E-state index in [-0.39, 0.29) is 0 Å². The number of hydrogen-bond acceptors (Lipinski definition) is 3. The third kappa shape index (κ3) is 6.92. The van der Waals surface area contributed by atoms with E-state index in [0.29, 0.717) is 0 Å². The summed E-state index contributed by atoms with van der Waals surface area (Å²) in [7, 11) is 0. The van der Waals surface area contributed by atoms with Crippen LogP contribution in [0.4, 0.5) is 0 Å². The van der Waals surface area contributed by atoms with Crippen molar-refractivity contribution < 1.29 is 4.74 Å². The van der Waals surface area contributed by atoms with Crippen molar-refractivity contribution in [3.05, 3.63) is 29.8 Å². The van der Waals surface area contributed by atoms with E-state index >= 15 is 0 Å². The van der Waals surface area contributed by atoms with Crippen molar-refractivity contribution in [2.45, 2.75) is 32.7 Å². The maximum atomic E-state index is 5.42. The van der Waals surface area contributed by atoms with Crippen molar-refractivity contribution in [3.63, 3.8) is 0 Å². The van der Waals surface area contributed by atoms with E-state index in [1.54, 1.807) is 0 Å². The van der Waals surface area contributed by atoms with E-state index in [1.807, 2.05) is 30.8 Å². The van der Waals surface area contributed by atoms with Gasteiger partial charge in [0.2, 0.25) is 0 Å². The number of benzene rings is 1. The van der Waals surface area contributed by atoms with Crippen LogP contribution in [0.5, 0.6) is 5.75 Å². The molecule has 1 N–H and O–H groups in total. The van der Waals surface area contributed by atoms with Crippen LogP contribution in [-0.4, -0.2) is 25.2 Å². The molecule has 0 aromatic heterocycles. The minimum absolute atomic E-state index is 0.730. The van der Waals surface area contributed by atoms with Gasteiger partial charge in [-0.3, -0.25) is 0 Å². The summed E-state index contributed by atoms with van der Waals surface area (Å²) in [4.78, 5) is 0. The van der Waals surface area contributed by atoms with Crippen molar-refractivity contribution >= 4 is 11.8 Å². The lowest BCUT2D eigenvalue weighted by atomic mass is 10.2. The van der Waals surface area contributed by atoms with Crippen LogP contribution in [0.1, 0.15) is 31.7 Å². The lowest BCUT2D eigenvalue weighted by Gasteiger charge is -2.06. The normalized spacial score (nSPS) is 10.6. The maximum absolute atomic E-state index is 5.42. The van der Waals surface area contributed by atoms with Gasteiger partial charge in [-0.1, -0.05) is 18.6 Å². The van der Waals surface area contributed by atoms with E-state index in [1.165, 1.54) is 30.6 Å². The first kappa shape index (κ1) is 15.4. The van der Waals surface area contributed by atoms with Crippen molar-refractivity contribution in [2.75, 3.05) is 25.2 Å². The van der Waals surface area contributed by atoms with E-state index in [4.69, 9.17) is 4.74 Å². The van der Waals surface area contributed by atoms with Gasteiger partial charge in [0.05, 0.1) is 6.61 Å². The summed E-state index contributed by atoms with van der Waals surface area (Å²) in [6, 6.07) is 8.34. The van der Waals surface area contributed by atoms with Crippen molar-refractivity contribution in [2.24, 2.45) is 0 Å². The molecule has 0 bridgehead atoms. The molecule has 0 spiro atoms. The SMILES string of the molecule is CCOc1ccc(CNCCCCCSC)cc1. The monoisotopic (exact) mass is 267 g/mol. The van der Waals surface area contributed by atoms with Gasteiger partial charge in [0.15, 0.2) is 0 Å². The van der Waals surface area contributed by atoms with Crippen LogP contribution in [0.2, 0.25) is 0 Å². The van der Waals surface area contributed by atoms with Gasteiger partial charge >= 0.3 is 0 Å². The maximum Gasteiger partial charge on any atom is 0.119 e. The fourth-order valence-corrected chi connectivity index (χ4v) is 2.27. The van der Waals surface area contributed by atoms with Crippen molar-refractivity contribution in [1.29, 1.82) is 0 Å². The van der Waals surface area contributed by atoms with Gasteiger partial charge in [0.1, 0.15) is 5.75 Å². The Hall–Kier alpha value is -0.670. The fraction of sp³-hybridized carbons (Fsp3) is 0.600. The molecular formula is C15H25NOS. The predicted octanol–water partition coefficient (Wildman–Crippen LogP) is 3.71. The number of thioether (sulfide) groups is 1. The van der Waals surface area contributed by atoms with Crippen LogP contribution in [-0.2, 0) is 6.54 Å². The highest BCUT2D eigenvalue weighted by Gasteiger charge is 1.95. The molecular weight excluding hydrogens is 242 g/mol. The Morgan fingerprint density at radius 2 is 1.89 bits per heavy atom. The highest BCUT2D eigenvalue weighted by Crippen LogP contribution is 2.11. The quantitative estimate of drug-likeness (QED) is 0.653. The first-order chi connectivity index (χ1) is 8.86. The van der Waals surface area contributed by atoms with E-state index < -0.39 is 0 Å². The first-order valence-electron chi connectivity index (χ1n) is 6.78. The van der Waals surface area contributed by atoms with Gasteiger partial charge in [0, 0.05) is 6.54 Å². The molecule has 2 nitrogen and oxygen atoms in total. The molecule has 0 aliphatic heterocycles. The van der Waals surface area contributed by atoms with E-state index in [9.17, 15) is 0 Å². The Morgan fingerprint density at radius 1 is 1.11 bits per heavy atom. The van der Waals surface area contributed by atoms with Gasteiger partial charge < -0.3 is 10.1 Å². The second kappa shape index (κ2) is 10.3. The van der Waals surface area contributed by atoms with Gasteiger partial charge in [-0.05, 0) is 56.0 Å². The number of rotatable bonds is 10. The third-order valence-electron chi connectivity index (χ3n) is 2.77. The average molecular weight is 267 g/mol. The number of ether oxygens (including phenoxy) is 1. The van der Waals surface area contributed by atoms with Crippen LogP contribution in [0.3, 0.4) is 0 Å². The first-order valence-corrected chi connectivity index (χ1v) is 8.17. The van der Waals surface area contributed by atoms with Crippen molar-refractivity contribution in [3.8, 4) is 5.75 Å². The lowest BCUT2D eigenvalue weighted by molar-refractivity contribution is 0.340. The second-order valence-corrected chi connectivity index (χ2v) is 5.29. The lowest BCUT2D eigenvalue weighted by Crippen LogP contribution is -2.14. The summed E-state index contributed by atoms with van der Waals surface area (Å²) >= 11 is 1.94. The summed E-state index contributed by atoms with van der Waals surface area (Å²) in [5.41, 5.74) is 1.32. The molecule has 0 saturated heterocycles. The minimum Gasteiger partial charge on any atom is -0.494 e. The van der Waals surface area contributed by atoms with Crippen LogP contribution < -0.4 is 10.1 Å². The minimum atomic E-state index is 0.730. The number of hydrogen-bond donors (Lipinski definition) is 1. The van der Waals surface area contributed by atoms with Crippen LogP contribution in [0, 0.1) is 0 Å². The largest absolute Gasteiger partial charge is 0.494 e. The fourth-order valence-electron chi connectivity index (χ4n) is 1.78. The van der Waals surface area contributed by atoms with E-state index in [2.05, 4.69) is 23.7 Å². The van der Waals surface area contributed by atoms with Crippen LogP contribution >= 0.6 is 11.8 Å². The molecule has 0 amide bonds. The van der Waals surface area contributed by atoms with Crippen molar-refractivity contribution in [1.82, 2.24) is 5.32 Å². The average Bonchev–Trinajstić information content (AvgIpc) is 2.40. The molecule has 0 aliphatic rings. The molecule has 0 fully saturated rings. The Bertz CT molecular complexity index is 300. The summed E-state index contributed by atoms with van der Waals surface area (Å²) in [5.74, 6) is 2.25. The molecule has 102 valence electrons. The molecule has 1 aromatic carbocycles. The van der Waals surface area contributed by atoms with Gasteiger partial charge in [-0.2, -0.15) is 11.8 Å². The highest BCUT2D eigenvalue weighted by atomic mass is 32.2. The van der Waals surface area contributed by atoms with Crippen LogP contribution in [0.25, 0.3) is 0 Å². The summed E-state index contributed by atoms with van der Waals surface area (Å²) in [6.45, 7) is 4.80. The Labute approximate surface area is 116 Å². The molecule has 3 heteroatoms. The topological polar surface area (TPSA) is 21.3 Å². The summed E-state index contributed by atoms with van der Waals surface area (Å²) in [6.07, 6.45) is 6.12. The molecule has 0 aliphatic carbocycles. The Balaban J connectivity index is 2.08. The zero-order valence-corrected chi connectivity index (χ0v) is 12.4. The predicted molar refractivity (Wildman–Crippen MR) is 81.6 cm³/mol. The second-order valence-electron chi connectivity index (χ2n) is 4.31. The van der Waals surface area contributed by atoms with E-state index in [0.717, 1.165) is 25.4 Å². The van der Waals surface area contributed by atoms with Crippen LogP contribution in [0.15, 0.2) is 24.3 Å². The molecule has 0 heterocycles. The Kier molecular flexibility index (Phi) is 8.78. The van der Waals surface area contributed by atoms with Gasteiger partial charge in [0.25, 0.3) is 0 Å². The number of unbranched alkanes of at least 4 members (excludes halogenated alkanes) is 2. The standard InChI is InChI=1S/C15H25NOS/c1-3-17-15-9-7-14(8-10-15)13-16-11-5-4-6-12-18-2/h7-10,16H,3-6,11-13H2,1-2H3. The van der Waals surface area contributed by atoms with Gasteiger partial charge in [-0.15, -0.1) is 0 Å². The zero-order valence-electron chi connectivity index (χ0n) is 11.6. The summed E-state index contributed by atoms with van der Waals surface area (Å²) in [5, 5.41) is 3.48. The molecule has 0 atom stereocenters.